The summed E-state index contributed by atoms with van der Waals surface area (Å²) >= 11 is 0. The van der Waals surface area contributed by atoms with Gasteiger partial charge in [0, 0.05) is 23.3 Å². The van der Waals surface area contributed by atoms with E-state index in [1.807, 2.05) is 13.0 Å². The molecule has 0 radical (unpaired) electrons. The maximum Gasteiger partial charge on any atom is 0.194 e. The van der Waals surface area contributed by atoms with Crippen molar-refractivity contribution < 1.29 is 17.6 Å². The largest absolute Gasteiger partial charge is 0.236 e. The van der Waals surface area contributed by atoms with Crippen LogP contribution in [0.15, 0.2) is 54.9 Å². The molecule has 0 aliphatic rings. The van der Waals surface area contributed by atoms with E-state index in [9.17, 15) is 17.6 Å². The molecule has 3 aromatic carbocycles. The minimum Gasteiger partial charge on any atom is -0.236 e. The maximum absolute atomic E-state index is 15.0. The van der Waals surface area contributed by atoms with Crippen LogP contribution in [0.2, 0.25) is 0 Å². The molecule has 0 N–H and O–H groups in total. The van der Waals surface area contributed by atoms with Crippen molar-refractivity contribution in [1.29, 1.82) is 0 Å². The van der Waals surface area contributed by atoms with Crippen molar-refractivity contribution in [2.45, 2.75) is 26.2 Å². The fourth-order valence-electron chi connectivity index (χ4n) is 3.39. The molecule has 2 nitrogen and oxygen atoms in total. The van der Waals surface area contributed by atoms with Crippen LogP contribution < -0.4 is 0 Å². The molecule has 4 aromatic rings. The van der Waals surface area contributed by atoms with Crippen LogP contribution >= 0.6 is 0 Å². The summed E-state index contributed by atoms with van der Waals surface area (Å²) in [7, 11) is 0. The first-order chi connectivity index (χ1) is 14.5. The lowest BCUT2D eigenvalue weighted by Crippen LogP contribution is -1.99. The van der Waals surface area contributed by atoms with Crippen LogP contribution in [0.3, 0.4) is 0 Å². The molecule has 0 fully saturated rings. The van der Waals surface area contributed by atoms with Crippen molar-refractivity contribution in [3.8, 4) is 11.4 Å². The first kappa shape index (κ1) is 20.0. The second-order valence-electron chi connectivity index (χ2n) is 7.12. The van der Waals surface area contributed by atoms with Crippen molar-refractivity contribution >= 4 is 10.8 Å². The molecule has 152 valence electrons. The predicted octanol–water partition coefficient (Wildman–Crippen LogP) is 6.20. The number of hydrogen-bond acceptors (Lipinski definition) is 2. The number of rotatable bonds is 5. The number of fused-ring (bicyclic) bond motifs is 1. The van der Waals surface area contributed by atoms with E-state index in [2.05, 4.69) is 9.97 Å². The lowest BCUT2D eigenvalue weighted by Gasteiger charge is -2.09. The number of hydrogen-bond donors (Lipinski definition) is 0. The quantitative estimate of drug-likeness (QED) is 0.289. The van der Waals surface area contributed by atoms with E-state index in [1.54, 1.807) is 36.7 Å². The first-order valence-corrected chi connectivity index (χ1v) is 9.62. The lowest BCUT2D eigenvalue weighted by molar-refractivity contribution is 0.445. The summed E-state index contributed by atoms with van der Waals surface area (Å²) < 4.78 is 54.8. The molecule has 1 aromatic heterocycles. The molecule has 30 heavy (non-hydrogen) atoms. The highest BCUT2D eigenvalue weighted by atomic mass is 19.2. The Balaban J connectivity index is 1.59. The molecule has 0 spiro atoms. The smallest absolute Gasteiger partial charge is 0.194 e. The summed E-state index contributed by atoms with van der Waals surface area (Å²) in [6.07, 6.45) is 4.82. The van der Waals surface area contributed by atoms with Gasteiger partial charge in [0.15, 0.2) is 23.3 Å². The van der Waals surface area contributed by atoms with Gasteiger partial charge in [0.05, 0.1) is 0 Å². The Labute approximate surface area is 171 Å². The highest BCUT2D eigenvalue weighted by molar-refractivity contribution is 5.87. The van der Waals surface area contributed by atoms with Gasteiger partial charge < -0.3 is 0 Å². The highest BCUT2D eigenvalue weighted by Crippen LogP contribution is 2.27. The molecule has 0 atom stereocenters. The average molecular weight is 410 g/mol. The van der Waals surface area contributed by atoms with Gasteiger partial charge in [-0.3, -0.25) is 0 Å². The van der Waals surface area contributed by atoms with Gasteiger partial charge in [-0.2, -0.15) is 0 Å². The Morgan fingerprint density at radius 1 is 0.733 bits per heavy atom. The van der Waals surface area contributed by atoms with Gasteiger partial charge in [0.1, 0.15) is 5.82 Å². The van der Waals surface area contributed by atoms with Gasteiger partial charge in [0.25, 0.3) is 0 Å². The molecule has 6 heteroatoms. The summed E-state index contributed by atoms with van der Waals surface area (Å²) in [6.45, 7) is 2.03. The van der Waals surface area contributed by atoms with Gasteiger partial charge in [-0.25, -0.2) is 27.5 Å². The Morgan fingerprint density at radius 2 is 1.43 bits per heavy atom. The number of aromatic nitrogens is 2. The standard InChI is InChI=1S/C24H18F4N2/c1-2-14-12-29-24(30-13-14)18-7-8-19-17(11-18)6-5-16(22(19)27)4-3-15-9-20(25)23(28)21(26)10-15/h5-13H,2-4H2,1H3. The molecule has 0 aliphatic heterocycles. The summed E-state index contributed by atoms with van der Waals surface area (Å²) in [5, 5.41) is 1.15. The Morgan fingerprint density at radius 3 is 2.10 bits per heavy atom. The molecule has 0 bridgehead atoms. The van der Waals surface area contributed by atoms with Crippen LogP contribution in [0.1, 0.15) is 23.6 Å². The summed E-state index contributed by atoms with van der Waals surface area (Å²) in [6, 6.07) is 10.6. The highest BCUT2D eigenvalue weighted by Gasteiger charge is 2.13. The Hall–Kier alpha value is -3.28. The normalized spacial score (nSPS) is 11.2. The fraction of sp³-hybridized carbons (Fsp3) is 0.167. The minimum atomic E-state index is -1.50. The maximum atomic E-state index is 15.0. The molecular formula is C24H18F4N2. The molecule has 0 aliphatic carbocycles. The van der Waals surface area contributed by atoms with Crippen molar-refractivity contribution in [3.05, 3.63) is 94.8 Å². The van der Waals surface area contributed by atoms with Crippen LogP contribution in [-0.4, -0.2) is 9.97 Å². The summed E-state index contributed by atoms with van der Waals surface area (Å²) in [4.78, 5) is 8.71. The molecule has 4 rings (SSSR count). The van der Waals surface area contributed by atoms with E-state index in [1.165, 1.54) is 0 Å². The van der Waals surface area contributed by atoms with Gasteiger partial charge in [-0.15, -0.1) is 0 Å². The third-order valence-corrected chi connectivity index (χ3v) is 5.13. The lowest BCUT2D eigenvalue weighted by atomic mass is 9.99. The van der Waals surface area contributed by atoms with Crippen molar-refractivity contribution in [2.24, 2.45) is 0 Å². The molecule has 1 heterocycles. The predicted molar refractivity (Wildman–Crippen MR) is 108 cm³/mol. The molecule has 0 unspecified atom stereocenters. The van der Waals surface area contributed by atoms with E-state index in [0.29, 0.717) is 22.2 Å². The average Bonchev–Trinajstić information content (AvgIpc) is 2.76. The first-order valence-electron chi connectivity index (χ1n) is 9.62. The van der Waals surface area contributed by atoms with Crippen LogP contribution in [0, 0.1) is 23.3 Å². The molecule has 0 amide bonds. The zero-order valence-electron chi connectivity index (χ0n) is 16.2. The second-order valence-corrected chi connectivity index (χ2v) is 7.12. The van der Waals surface area contributed by atoms with Crippen LogP contribution in [0.5, 0.6) is 0 Å². The van der Waals surface area contributed by atoms with Gasteiger partial charge >= 0.3 is 0 Å². The Bertz CT molecular complexity index is 1200. The zero-order valence-corrected chi connectivity index (χ0v) is 16.2. The number of halogens is 4. The topological polar surface area (TPSA) is 25.8 Å². The van der Waals surface area contributed by atoms with Crippen molar-refractivity contribution in [3.63, 3.8) is 0 Å². The SMILES string of the molecule is CCc1cnc(-c2ccc3c(F)c(CCc4cc(F)c(F)c(F)c4)ccc3c2)nc1. The minimum absolute atomic E-state index is 0.187. The molecular weight excluding hydrogens is 392 g/mol. The summed E-state index contributed by atoms with van der Waals surface area (Å²) in [5.41, 5.74) is 2.52. The van der Waals surface area contributed by atoms with Crippen molar-refractivity contribution in [2.75, 3.05) is 0 Å². The molecule has 0 saturated heterocycles. The van der Waals surface area contributed by atoms with Gasteiger partial charge in [-0.1, -0.05) is 31.2 Å². The third kappa shape index (κ3) is 3.90. The van der Waals surface area contributed by atoms with Gasteiger partial charge in [-0.05, 0) is 59.5 Å². The van der Waals surface area contributed by atoms with Crippen LogP contribution in [0.4, 0.5) is 17.6 Å². The van der Waals surface area contributed by atoms with E-state index in [-0.39, 0.29) is 24.2 Å². The third-order valence-electron chi connectivity index (χ3n) is 5.13. The van der Waals surface area contributed by atoms with Crippen LogP contribution in [-0.2, 0) is 19.3 Å². The monoisotopic (exact) mass is 410 g/mol. The fourth-order valence-corrected chi connectivity index (χ4v) is 3.39. The van der Waals surface area contributed by atoms with E-state index in [4.69, 9.17) is 0 Å². The zero-order chi connectivity index (χ0) is 21.3. The second kappa shape index (κ2) is 8.22. The number of aryl methyl sites for hydroxylation is 3. The number of nitrogens with zero attached hydrogens (tertiary/aromatic N) is 2. The van der Waals surface area contributed by atoms with Gasteiger partial charge in [0.2, 0.25) is 0 Å². The van der Waals surface area contributed by atoms with E-state index >= 15 is 0 Å². The van der Waals surface area contributed by atoms with E-state index < -0.39 is 17.5 Å². The van der Waals surface area contributed by atoms with E-state index in [0.717, 1.165) is 29.7 Å². The Kier molecular flexibility index (Phi) is 5.48. The van der Waals surface area contributed by atoms with Crippen LogP contribution in [0.25, 0.3) is 22.2 Å². The number of benzene rings is 3. The van der Waals surface area contributed by atoms with Crippen molar-refractivity contribution in [1.82, 2.24) is 9.97 Å². The summed E-state index contributed by atoms with van der Waals surface area (Å²) in [5.74, 6) is -3.81. The molecule has 0 saturated carbocycles.